The molecule has 2 aliphatic rings. The van der Waals surface area contributed by atoms with Crippen molar-refractivity contribution in [2.24, 2.45) is 5.92 Å². The minimum atomic E-state index is -0.157. The summed E-state index contributed by atoms with van der Waals surface area (Å²) in [7, 11) is 1.73. The number of nitrogens with zero attached hydrogens (tertiary/aromatic N) is 4. The van der Waals surface area contributed by atoms with Crippen LogP contribution in [0.2, 0.25) is 0 Å². The van der Waals surface area contributed by atoms with Crippen LogP contribution in [0, 0.1) is 17.2 Å². The van der Waals surface area contributed by atoms with Crippen molar-refractivity contribution in [3.63, 3.8) is 0 Å². The number of ether oxygens (including phenoxy) is 1. The summed E-state index contributed by atoms with van der Waals surface area (Å²) in [5.74, 6) is 0.536. The molecule has 1 saturated carbocycles. The summed E-state index contributed by atoms with van der Waals surface area (Å²) >= 11 is 0. The third-order valence-corrected chi connectivity index (χ3v) is 6.00. The lowest BCUT2D eigenvalue weighted by molar-refractivity contribution is 0.137. The second-order valence-electron chi connectivity index (χ2n) is 7.33. The topological polar surface area (TPSA) is 79.5 Å². The first-order chi connectivity index (χ1) is 12.8. The van der Waals surface area contributed by atoms with E-state index in [1.807, 2.05) is 23.1 Å². The largest absolute Gasteiger partial charge is 0.372 e. The van der Waals surface area contributed by atoms with E-state index in [1.165, 1.54) is 25.7 Å². The van der Waals surface area contributed by atoms with Crippen molar-refractivity contribution in [1.82, 2.24) is 19.7 Å². The Balaban J connectivity index is 1.67. The Hall–Kier alpha value is -2.65. The van der Waals surface area contributed by atoms with Gasteiger partial charge in [-0.25, -0.2) is 4.98 Å². The maximum Gasteiger partial charge on any atom is 0.138 e. The van der Waals surface area contributed by atoms with Gasteiger partial charge in [0.1, 0.15) is 11.8 Å². The molecule has 0 aromatic carbocycles. The van der Waals surface area contributed by atoms with Gasteiger partial charge in [-0.05, 0) is 24.8 Å². The van der Waals surface area contributed by atoms with Gasteiger partial charge in [0.2, 0.25) is 0 Å². The zero-order valence-corrected chi connectivity index (χ0v) is 14.8. The van der Waals surface area contributed by atoms with Gasteiger partial charge in [0.25, 0.3) is 0 Å². The summed E-state index contributed by atoms with van der Waals surface area (Å²) in [5.41, 5.74) is 5.10. The van der Waals surface area contributed by atoms with Gasteiger partial charge in [0.05, 0.1) is 24.2 Å². The van der Waals surface area contributed by atoms with Crippen LogP contribution >= 0.6 is 0 Å². The number of aromatic nitrogens is 4. The van der Waals surface area contributed by atoms with E-state index in [1.54, 1.807) is 7.11 Å². The molecule has 0 bridgehead atoms. The summed E-state index contributed by atoms with van der Waals surface area (Å²) in [6.45, 7) is 0. The fourth-order valence-electron chi connectivity index (χ4n) is 4.80. The highest BCUT2D eigenvalue weighted by Crippen LogP contribution is 2.46. The van der Waals surface area contributed by atoms with Crippen LogP contribution in [0.3, 0.4) is 0 Å². The molecule has 0 spiro atoms. The van der Waals surface area contributed by atoms with Gasteiger partial charge in [-0.2, -0.15) is 10.4 Å². The summed E-state index contributed by atoms with van der Waals surface area (Å²) in [6, 6.07) is 4.54. The normalized spacial score (nSPS) is 20.2. The quantitative estimate of drug-likeness (QED) is 0.770. The van der Waals surface area contributed by atoms with Crippen LogP contribution < -0.4 is 0 Å². The summed E-state index contributed by atoms with van der Waals surface area (Å²) in [6.07, 6.45) is 11.1. The molecule has 3 aromatic heterocycles. The van der Waals surface area contributed by atoms with Gasteiger partial charge in [-0.1, -0.05) is 12.8 Å². The van der Waals surface area contributed by atoms with Gasteiger partial charge in [-0.3, -0.25) is 4.68 Å². The van der Waals surface area contributed by atoms with Gasteiger partial charge >= 0.3 is 0 Å². The minimum absolute atomic E-state index is 0.142. The first-order valence-corrected chi connectivity index (χ1v) is 9.27. The molecule has 3 aromatic rings. The van der Waals surface area contributed by atoms with Crippen molar-refractivity contribution in [2.45, 2.75) is 44.2 Å². The van der Waals surface area contributed by atoms with Crippen molar-refractivity contribution in [3.05, 3.63) is 35.8 Å². The molecule has 0 radical (unpaired) electrons. The first kappa shape index (κ1) is 15.6. The molecule has 0 aliphatic heterocycles. The van der Waals surface area contributed by atoms with E-state index in [0.29, 0.717) is 12.3 Å². The number of methoxy groups -OCH3 is 1. The van der Waals surface area contributed by atoms with E-state index < -0.39 is 0 Å². The molecule has 132 valence electrons. The number of hydrogen-bond donors (Lipinski definition) is 1. The third-order valence-electron chi connectivity index (χ3n) is 6.00. The summed E-state index contributed by atoms with van der Waals surface area (Å²) in [4.78, 5) is 7.67. The van der Waals surface area contributed by atoms with Crippen molar-refractivity contribution in [3.8, 4) is 17.3 Å². The Labute approximate surface area is 151 Å². The van der Waals surface area contributed by atoms with E-state index in [9.17, 15) is 5.26 Å². The Kier molecular flexibility index (Phi) is 3.57. The fraction of sp³-hybridized carbons (Fsp3) is 0.450. The predicted molar refractivity (Wildman–Crippen MR) is 97.4 cm³/mol. The third kappa shape index (κ3) is 2.14. The molecule has 0 saturated heterocycles. The first-order valence-electron chi connectivity index (χ1n) is 9.27. The maximum absolute atomic E-state index is 9.36. The molecule has 2 aliphatic carbocycles. The molecule has 6 nitrogen and oxygen atoms in total. The lowest BCUT2D eigenvalue weighted by atomic mass is 9.90. The van der Waals surface area contributed by atoms with Gasteiger partial charge < -0.3 is 9.72 Å². The number of fused-ring (bicyclic) bond motifs is 2. The van der Waals surface area contributed by atoms with Crippen LogP contribution in [0.25, 0.3) is 22.3 Å². The van der Waals surface area contributed by atoms with Gasteiger partial charge in [0, 0.05) is 47.8 Å². The molecular weight excluding hydrogens is 326 g/mol. The number of aromatic amines is 1. The van der Waals surface area contributed by atoms with Crippen LogP contribution in [0.4, 0.5) is 0 Å². The SMILES string of the molecule is COC1c2cn(C(CC#N)C3CCCC3)nc2-c2ccnc3[nH]cc1c23. The molecule has 1 fully saturated rings. The number of pyridine rings is 1. The van der Waals surface area contributed by atoms with Crippen LogP contribution in [0.5, 0.6) is 0 Å². The van der Waals surface area contributed by atoms with Crippen molar-refractivity contribution in [1.29, 1.82) is 5.26 Å². The Morgan fingerprint density at radius 2 is 2.23 bits per heavy atom. The molecule has 2 unspecified atom stereocenters. The van der Waals surface area contributed by atoms with Gasteiger partial charge in [0.15, 0.2) is 0 Å². The molecule has 3 heterocycles. The molecular formula is C20H21N5O. The van der Waals surface area contributed by atoms with Gasteiger partial charge in [-0.15, -0.1) is 0 Å². The highest BCUT2D eigenvalue weighted by molar-refractivity contribution is 5.98. The van der Waals surface area contributed by atoms with Crippen LogP contribution in [-0.4, -0.2) is 26.9 Å². The minimum Gasteiger partial charge on any atom is -0.372 e. The van der Waals surface area contributed by atoms with E-state index in [0.717, 1.165) is 33.4 Å². The molecule has 0 amide bonds. The Morgan fingerprint density at radius 1 is 1.38 bits per heavy atom. The molecule has 1 N–H and O–H groups in total. The Bertz CT molecular complexity index is 1010. The van der Waals surface area contributed by atoms with E-state index >= 15 is 0 Å². The monoisotopic (exact) mass is 347 g/mol. The number of nitrogens with one attached hydrogen (secondary N) is 1. The lowest BCUT2D eigenvalue weighted by Gasteiger charge is -2.21. The number of H-pyrrole nitrogens is 1. The Morgan fingerprint density at radius 3 is 3.00 bits per heavy atom. The number of nitriles is 1. The number of hydrogen-bond acceptors (Lipinski definition) is 4. The number of rotatable bonds is 4. The second-order valence-corrected chi connectivity index (χ2v) is 7.33. The van der Waals surface area contributed by atoms with E-state index in [2.05, 4.69) is 22.2 Å². The van der Waals surface area contributed by atoms with E-state index in [4.69, 9.17) is 9.84 Å². The lowest BCUT2D eigenvalue weighted by Crippen LogP contribution is -2.17. The summed E-state index contributed by atoms with van der Waals surface area (Å²) in [5, 5.41) is 15.4. The van der Waals surface area contributed by atoms with Crippen LogP contribution in [0.15, 0.2) is 24.7 Å². The zero-order chi connectivity index (χ0) is 17.7. The average Bonchev–Trinajstić information content (AvgIpc) is 3.40. The predicted octanol–water partition coefficient (Wildman–Crippen LogP) is 4.12. The highest BCUT2D eigenvalue weighted by atomic mass is 16.5. The van der Waals surface area contributed by atoms with Crippen LogP contribution in [0.1, 0.15) is 55.4 Å². The standard InChI is InChI=1S/C20H21N5O/c1-26-19-14-10-23-20-17(14)13(7-9-22-20)18-15(19)11-25(24-18)16(6-8-21)12-4-2-3-5-12/h7,9-12,16,19H,2-6H2,1H3,(H,22,23). The van der Waals surface area contributed by atoms with E-state index in [-0.39, 0.29) is 12.1 Å². The van der Waals surface area contributed by atoms with Crippen molar-refractivity contribution < 1.29 is 4.74 Å². The second kappa shape index (κ2) is 5.96. The highest BCUT2D eigenvalue weighted by Gasteiger charge is 2.34. The van der Waals surface area contributed by atoms with Crippen molar-refractivity contribution >= 4 is 11.0 Å². The average molecular weight is 347 g/mol. The molecule has 6 heteroatoms. The maximum atomic E-state index is 9.36. The zero-order valence-electron chi connectivity index (χ0n) is 14.8. The molecule has 26 heavy (non-hydrogen) atoms. The summed E-state index contributed by atoms with van der Waals surface area (Å²) < 4.78 is 7.87. The molecule has 5 rings (SSSR count). The fourth-order valence-corrected chi connectivity index (χ4v) is 4.80. The van der Waals surface area contributed by atoms with Crippen molar-refractivity contribution in [2.75, 3.05) is 7.11 Å². The smallest absolute Gasteiger partial charge is 0.138 e. The van der Waals surface area contributed by atoms with Crippen LogP contribution in [-0.2, 0) is 4.74 Å². The molecule has 2 atom stereocenters.